The number of nitro benzene ring substituents is 1. The first-order chi connectivity index (χ1) is 11.5. The number of hydrogen-bond acceptors (Lipinski definition) is 5. The van der Waals surface area contributed by atoms with E-state index < -0.39 is 10.8 Å². The molecule has 0 fully saturated rings. The van der Waals surface area contributed by atoms with Crippen molar-refractivity contribution in [3.05, 3.63) is 76.0 Å². The van der Waals surface area contributed by atoms with Crippen LogP contribution >= 0.6 is 0 Å². The fraction of sp³-hybridized carbons (Fsp3) is 0.0588. The summed E-state index contributed by atoms with van der Waals surface area (Å²) in [5.41, 5.74) is 2.01. The third-order valence-electron chi connectivity index (χ3n) is 3.14. The molecular formula is C17H14N4O3. The number of rotatable bonds is 5. The molecule has 0 saturated heterocycles. The van der Waals surface area contributed by atoms with Gasteiger partial charge in [0, 0.05) is 29.7 Å². The summed E-state index contributed by atoms with van der Waals surface area (Å²) >= 11 is 0. The normalized spacial score (nSPS) is 10.6. The van der Waals surface area contributed by atoms with E-state index in [4.69, 9.17) is 5.26 Å². The molecule has 24 heavy (non-hydrogen) atoms. The maximum atomic E-state index is 12.1. The highest BCUT2D eigenvalue weighted by molar-refractivity contribution is 6.06. The molecule has 2 aromatic carbocycles. The Hall–Kier alpha value is -3.66. The quantitative estimate of drug-likeness (QED) is 0.380. The number of nitrogens with one attached hydrogen (secondary N) is 2. The molecule has 0 atom stereocenters. The van der Waals surface area contributed by atoms with E-state index in [1.807, 2.05) is 25.1 Å². The monoisotopic (exact) mass is 322 g/mol. The summed E-state index contributed by atoms with van der Waals surface area (Å²) in [6.07, 6.45) is 1.25. The lowest BCUT2D eigenvalue weighted by molar-refractivity contribution is -0.384. The lowest BCUT2D eigenvalue weighted by atomic mass is 10.2. The smallest absolute Gasteiger partial charge is 0.269 e. The molecule has 0 aliphatic carbocycles. The fourth-order valence-corrected chi connectivity index (χ4v) is 1.82. The number of carbonyl (C=O) groups is 1. The topological polar surface area (TPSA) is 108 Å². The van der Waals surface area contributed by atoms with Crippen LogP contribution in [0.15, 0.2) is 60.3 Å². The van der Waals surface area contributed by atoms with Gasteiger partial charge in [-0.05, 0) is 31.2 Å². The highest BCUT2D eigenvalue weighted by atomic mass is 16.6. The first kappa shape index (κ1) is 16.7. The van der Waals surface area contributed by atoms with Crippen LogP contribution in [-0.4, -0.2) is 10.8 Å². The van der Waals surface area contributed by atoms with Gasteiger partial charge in [0.1, 0.15) is 11.6 Å². The Morgan fingerprint density at radius 3 is 2.25 bits per heavy atom. The van der Waals surface area contributed by atoms with Gasteiger partial charge in [-0.25, -0.2) is 0 Å². The van der Waals surface area contributed by atoms with Crippen molar-refractivity contribution in [2.24, 2.45) is 0 Å². The number of anilines is 2. The molecule has 2 aromatic rings. The van der Waals surface area contributed by atoms with E-state index in [1.54, 1.807) is 12.1 Å². The van der Waals surface area contributed by atoms with Crippen molar-refractivity contribution in [1.29, 1.82) is 5.26 Å². The maximum Gasteiger partial charge on any atom is 0.269 e. The van der Waals surface area contributed by atoms with Crippen molar-refractivity contribution in [3.8, 4) is 6.07 Å². The summed E-state index contributed by atoms with van der Waals surface area (Å²) in [7, 11) is 0. The van der Waals surface area contributed by atoms with Crippen LogP contribution in [0.1, 0.15) is 5.56 Å². The summed E-state index contributed by atoms with van der Waals surface area (Å²) in [4.78, 5) is 22.1. The molecule has 0 bridgehead atoms. The Morgan fingerprint density at radius 1 is 1.12 bits per heavy atom. The lowest BCUT2D eigenvalue weighted by Crippen LogP contribution is -2.14. The predicted molar refractivity (Wildman–Crippen MR) is 90.2 cm³/mol. The van der Waals surface area contributed by atoms with E-state index in [1.165, 1.54) is 30.5 Å². The second-order valence-corrected chi connectivity index (χ2v) is 4.94. The number of hydrogen-bond donors (Lipinski definition) is 2. The van der Waals surface area contributed by atoms with Crippen molar-refractivity contribution in [3.63, 3.8) is 0 Å². The van der Waals surface area contributed by atoms with Crippen molar-refractivity contribution in [2.75, 3.05) is 10.6 Å². The third kappa shape index (κ3) is 4.42. The number of aryl methyl sites for hydroxylation is 1. The van der Waals surface area contributed by atoms with E-state index >= 15 is 0 Å². The summed E-state index contributed by atoms with van der Waals surface area (Å²) < 4.78 is 0. The molecule has 7 nitrogen and oxygen atoms in total. The lowest BCUT2D eigenvalue weighted by Gasteiger charge is -2.05. The molecule has 2 rings (SSSR count). The van der Waals surface area contributed by atoms with E-state index in [-0.39, 0.29) is 11.3 Å². The van der Waals surface area contributed by atoms with Crippen LogP contribution in [0.3, 0.4) is 0 Å². The average Bonchev–Trinajstić information content (AvgIpc) is 2.58. The average molecular weight is 322 g/mol. The van der Waals surface area contributed by atoms with Crippen LogP contribution in [-0.2, 0) is 4.79 Å². The van der Waals surface area contributed by atoms with Crippen molar-refractivity contribution in [2.45, 2.75) is 6.92 Å². The summed E-state index contributed by atoms with van der Waals surface area (Å²) in [6, 6.07) is 14.6. The summed E-state index contributed by atoms with van der Waals surface area (Å²) in [6.45, 7) is 1.93. The third-order valence-corrected chi connectivity index (χ3v) is 3.14. The minimum absolute atomic E-state index is 0.0397. The zero-order chi connectivity index (χ0) is 17.5. The number of carbonyl (C=O) groups excluding carboxylic acids is 1. The maximum absolute atomic E-state index is 12.1. The molecular weight excluding hydrogens is 308 g/mol. The van der Waals surface area contributed by atoms with Gasteiger partial charge in [0.15, 0.2) is 0 Å². The van der Waals surface area contributed by atoms with Gasteiger partial charge in [0.25, 0.3) is 11.6 Å². The molecule has 0 radical (unpaired) electrons. The first-order valence-corrected chi connectivity index (χ1v) is 6.99. The molecule has 0 aliphatic heterocycles. The highest BCUT2D eigenvalue weighted by Gasteiger charge is 2.09. The van der Waals surface area contributed by atoms with Gasteiger partial charge in [-0.2, -0.15) is 5.26 Å². The van der Waals surface area contributed by atoms with Crippen LogP contribution in [0.4, 0.5) is 17.1 Å². The molecule has 7 heteroatoms. The van der Waals surface area contributed by atoms with Crippen molar-refractivity contribution < 1.29 is 9.72 Å². The molecule has 0 aliphatic rings. The van der Waals surface area contributed by atoms with Gasteiger partial charge in [-0.15, -0.1) is 0 Å². The van der Waals surface area contributed by atoms with Gasteiger partial charge >= 0.3 is 0 Å². The highest BCUT2D eigenvalue weighted by Crippen LogP contribution is 2.16. The molecule has 2 N–H and O–H groups in total. The molecule has 0 spiro atoms. The minimum Gasteiger partial charge on any atom is -0.360 e. The predicted octanol–water partition coefficient (Wildman–Crippen LogP) is 3.36. The second-order valence-electron chi connectivity index (χ2n) is 4.94. The summed E-state index contributed by atoms with van der Waals surface area (Å²) in [5.74, 6) is -0.546. The zero-order valence-electron chi connectivity index (χ0n) is 12.8. The molecule has 1 amide bonds. The number of nitriles is 1. The second kappa shape index (κ2) is 7.56. The zero-order valence-corrected chi connectivity index (χ0v) is 12.8. The minimum atomic E-state index is -0.546. The summed E-state index contributed by atoms with van der Waals surface area (Å²) in [5, 5.41) is 25.1. The van der Waals surface area contributed by atoms with Crippen LogP contribution in [0.5, 0.6) is 0 Å². The molecule has 0 unspecified atom stereocenters. The molecule has 0 heterocycles. The van der Waals surface area contributed by atoms with E-state index in [0.717, 1.165) is 5.56 Å². The van der Waals surface area contributed by atoms with Crippen LogP contribution in [0.25, 0.3) is 0 Å². The van der Waals surface area contributed by atoms with Crippen LogP contribution in [0.2, 0.25) is 0 Å². The molecule has 0 saturated carbocycles. The van der Waals surface area contributed by atoms with E-state index in [2.05, 4.69) is 10.6 Å². The Morgan fingerprint density at radius 2 is 1.71 bits per heavy atom. The number of amides is 1. The Balaban J connectivity index is 2.05. The van der Waals surface area contributed by atoms with Gasteiger partial charge < -0.3 is 10.6 Å². The van der Waals surface area contributed by atoms with Gasteiger partial charge in [0.05, 0.1) is 4.92 Å². The van der Waals surface area contributed by atoms with E-state index in [0.29, 0.717) is 11.4 Å². The number of benzene rings is 2. The fourth-order valence-electron chi connectivity index (χ4n) is 1.82. The van der Waals surface area contributed by atoms with Gasteiger partial charge in [-0.3, -0.25) is 14.9 Å². The van der Waals surface area contributed by atoms with Crippen LogP contribution < -0.4 is 10.6 Å². The van der Waals surface area contributed by atoms with Crippen molar-refractivity contribution in [1.82, 2.24) is 0 Å². The SMILES string of the molecule is Cc1ccc(NC(=O)/C(C#N)=C\Nc2ccc([N+](=O)[O-])cc2)cc1. The molecule has 120 valence electrons. The number of nitrogens with zero attached hydrogens (tertiary/aromatic N) is 2. The largest absolute Gasteiger partial charge is 0.360 e. The first-order valence-electron chi connectivity index (χ1n) is 6.99. The Labute approximate surface area is 138 Å². The standard InChI is InChI=1S/C17H14N4O3/c1-12-2-4-15(5-3-12)20-17(22)13(10-18)11-19-14-6-8-16(9-7-14)21(23)24/h2-9,11,19H,1H3,(H,20,22)/b13-11-. The number of nitro groups is 1. The van der Waals surface area contributed by atoms with Crippen molar-refractivity contribution >= 4 is 23.0 Å². The number of non-ortho nitro benzene ring substituents is 1. The molecule has 0 aromatic heterocycles. The Kier molecular flexibility index (Phi) is 5.26. The Bertz CT molecular complexity index is 818. The van der Waals surface area contributed by atoms with E-state index in [9.17, 15) is 14.9 Å². The van der Waals surface area contributed by atoms with Gasteiger partial charge in [-0.1, -0.05) is 17.7 Å². The van der Waals surface area contributed by atoms with Crippen LogP contribution in [0, 0.1) is 28.4 Å². The van der Waals surface area contributed by atoms with Gasteiger partial charge in [0.2, 0.25) is 0 Å².